The number of nitrogens with one attached hydrogen (secondary N) is 1. The second kappa shape index (κ2) is 5.88. The fourth-order valence-corrected chi connectivity index (χ4v) is 2.12. The van der Waals surface area contributed by atoms with E-state index in [2.05, 4.69) is 30.4 Å². The van der Waals surface area contributed by atoms with E-state index >= 15 is 0 Å². The van der Waals surface area contributed by atoms with Gasteiger partial charge in [0.25, 0.3) is 0 Å². The molecule has 98 valence electrons. The molecule has 0 heterocycles. The molecular formula is C15H22N2O. The van der Waals surface area contributed by atoms with Gasteiger partial charge in [0, 0.05) is 0 Å². The van der Waals surface area contributed by atoms with Crippen LogP contribution in [0.4, 0.5) is 0 Å². The summed E-state index contributed by atoms with van der Waals surface area (Å²) >= 11 is 0. The van der Waals surface area contributed by atoms with Crippen molar-refractivity contribution in [2.24, 2.45) is 0 Å². The van der Waals surface area contributed by atoms with Gasteiger partial charge < -0.3 is 4.74 Å². The van der Waals surface area contributed by atoms with Gasteiger partial charge in [0.2, 0.25) is 0 Å². The van der Waals surface area contributed by atoms with Crippen molar-refractivity contribution in [1.29, 1.82) is 5.26 Å². The molecule has 0 amide bonds. The molecule has 3 nitrogen and oxygen atoms in total. The Hall–Kier alpha value is -1.53. The monoisotopic (exact) mass is 246 g/mol. The molecule has 1 N–H and O–H groups in total. The number of benzene rings is 1. The van der Waals surface area contributed by atoms with E-state index in [4.69, 9.17) is 4.74 Å². The van der Waals surface area contributed by atoms with Crippen LogP contribution in [-0.4, -0.2) is 18.7 Å². The molecule has 1 rings (SSSR count). The Morgan fingerprint density at radius 3 is 2.28 bits per heavy atom. The van der Waals surface area contributed by atoms with Gasteiger partial charge in [-0.3, -0.25) is 5.32 Å². The smallest absolute Gasteiger partial charge is 0.138 e. The number of hydrogen-bond acceptors (Lipinski definition) is 3. The molecule has 0 fully saturated rings. The Labute approximate surface area is 110 Å². The van der Waals surface area contributed by atoms with Crippen molar-refractivity contribution in [2.45, 2.75) is 40.2 Å². The van der Waals surface area contributed by atoms with Crippen LogP contribution in [-0.2, 0) is 0 Å². The topological polar surface area (TPSA) is 45.0 Å². The molecular weight excluding hydrogens is 224 g/mol. The summed E-state index contributed by atoms with van der Waals surface area (Å²) in [6.07, 6.45) is 0. The summed E-state index contributed by atoms with van der Waals surface area (Å²) in [6.45, 7) is 11.1. The maximum absolute atomic E-state index is 9.18. The minimum absolute atomic E-state index is 0.349. The van der Waals surface area contributed by atoms with Crippen molar-refractivity contribution in [3.05, 3.63) is 28.8 Å². The molecule has 0 aliphatic heterocycles. The molecule has 0 aliphatic carbocycles. The van der Waals surface area contributed by atoms with Crippen molar-refractivity contribution in [3.63, 3.8) is 0 Å². The van der Waals surface area contributed by atoms with Gasteiger partial charge in [-0.1, -0.05) is 24.6 Å². The van der Waals surface area contributed by atoms with Crippen molar-refractivity contribution < 1.29 is 4.74 Å². The lowest BCUT2D eigenvalue weighted by Crippen LogP contribution is -2.46. The van der Waals surface area contributed by atoms with Crippen molar-refractivity contribution in [2.75, 3.05) is 13.2 Å². The van der Waals surface area contributed by atoms with E-state index in [9.17, 15) is 5.26 Å². The maximum atomic E-state index is 9.18. The number of rotatable bonds is 5. The highest BCUT2D eigenvalue weighted by atomic mass is 16.5. The summed E-state index contributed by atoms with van der Waals surface area (Å²) in [5.74, 6) is 0.889. The van der Waals surface area contributed by atoms with Crippen LogP contribution in [0.5, 0.6) is 5.75 Å². The lowest BCUT2D eigenvalue weighted by atomic mass is 10.0. The Bertz CT molecular complexity index is 439. The lowest BCUT2D eigenvalue weighted by Gasteiger charge is -2.24. The summed E-state index contributed by atoms with van der Waals surface area (Å²) in [5, 5.41) is 12.3. The predicted octanol–water partition coefficient (Wildman–Crippen LogP) is 2.88. The number of nitriles is 1. The number of hydrogen-bond donors (Lipinski definition) is 1. The fourth-order valence-electron chi connectivity index (χ4n) is 2.12. The number of aryl methyl sites for hydroxylation is 3. The quantitative estimate of drug-likeness (QED) is 0.869. The highest BCUT2D eigenvalue weighted by molar-refractivity contribution is 5.43. The first-order chi connectivity index (χ1) is 8.41. The second-order valence-electron chi connectivity index (χ2n) is 4.99. The van der Waals surface area contributed by atoms with Crippen LogP contribution < -0.4 is 10.1 Å². The third-order valence-corrected chi connectivity index (χ3v) is 2.92. The molecule has 1 aromatic carbocycles. The van der Waals surface area contributed by atoms with Gasteiger partial charge in [-0.2, -0.15) is 5.26 Å². The summed E-state index contributed by atoms with van der Waals surface area (Å²) in [4.78, 5) is 0. The summed E-state index contributed by atoms with van der Waals surface area (Å²) in [5.41, 5.74) is 2.82. The van der Waals surface area contributed by atoms with Gasteiger partial charge in [-0.15, -0.1) is 0 Å². The Morgan fingerprint density at radius 2 is 1.83 bits per heavy atom. The van der Waals surface area contributed by atoms with E-state index in [1.165, 1.54) is 5.56 Å². The minimum Gasteiger partial charge on any atom is -0.490 e. The van der Waals surface area contributed by atoms with E-state index in [1.54, 1.807) is 0 Å². The average Bonchev–Trinajstić information content (AvgIpc) is 2.28. The normalized spacial score (nSPS) is 13.8. The lowest BCUT2D eigenvalue weighted by molar-refractivity contribution is 0.234. The first kappa shape index (κ1) is 14.5. The van der Waals surface area contributed by atoms with Gasteiger partial charge >= 0.3 is 0 Å². The molecule has 1 aromatic rings. The average molecular weight is 246 g/mol. The van der Waals surface area contributed by atoms with Crippen LogP contribution in [0.25, 0.3) is 0 Å². The summed E-state index contributed by atoms with van der Waals surface area (Å²) in [6, 6.07) is 6.46. The molecule has 1 atom stereocenters. The maximum Gasteiger partial charge on any atom is 0.138 e. The summed E-state index contributed by atoms with van der Waals surface area (Å²) < 4.78 is 5.85. The second-order valence-corrected chi connectivity index (χ2v) is 4.99. The molecule has 0 aliphatic rings. The first-order valence-electron chi connectivity index (χ1n) is 6.29. The van der Waals surface area contributed by atoms with Crippen LogP contribution in [0.2, 0.25) is 0 Å². The van der Waals surface area contributed by atoms with Gasteiger partial charge in [-0.05, 0) is 45.4 Å². The molecule has 0 saturated carbocycles. The number of likely N-dealkylation sites (N-methyl/N-ethyl adjacent to an activating group) is 1. The van der Waals surface area contributed by atoms with Crippen molar-refractivity contribution >= 4 is 0 Å². The third-order valence-electron chi connectivity index (χ3n) is 2.92. The highest BCUT2D eigenvalue weighted by Crippen LogP contribution is 2.25. The number of ether oxygens (including phenoxy) is 1. The molecule has 0 bridgehead atoms. The zero-order chi connectivity index (χ0) is 13.8. The van der Waals surface area contributed by atoms with E-state index in [0.29, 0.717) is 6.61 Å². The van der Waals surface area contributed by atoms with E-state index < -0.39 is 5.54 Å². The molecule has 18 heavy (non-hydrogen) atoms. The molecule has 0 radical (unpaired) electrons. The SMILES string of the molecule is CCNC(C)(C#N)COc1c(C)cc(C)cc1C. The molecule has 1 unspecified atom stereocenters. The van der Waals surface area contributed by atoms with Crippen LogP contribution in [0.3, 0.4) is 0 Å². The third kappa shape index (κ3) is 3.48. The van der Waals surface area contributed by atoms with Crippen LogP contribution >= 0.6 is 0 Å². The first-order valence-corrected chi connectivity index (χ1v) is 6.29. The number of nitrogens with zero attached hydrogens (tertiary/aromatic N) is 1. The molecule has 0 aromatic heterocycles. The van der Waals surface area contributed by atoms with Crippen molar-refractivity contribution in [1.82, 2.24) is 5.32 Å². The van der Waals surface area contributed by atoms with Crippen LogP contribution in [0.1, 0.15) is 30.5 Å². The van der Waals surface area contributed by atoms with Crippen LogP contribution in [0, 0.1) is 32.1 Å². The Kier molecular flexibility index (Phi) is 4.75. The van der Waals surface area contributed by atoms with Crippen LogP contribution in [0.15, 0.2) is 12.1 Å². The molecule has 3 heteroatoms. The highest BCUT2D eigenvalue weighted by Gasteiger charge is 2.24. The predicted molar refractivity (Wildman–Crippen MR) is 73.8 cm³/mol. The minimum atomic E-state index is -0.640. The zero-order valence-corrected chi connectivity index (χ0v) is 11.9. The van der Waals surface area contributed by atoms with E-state index in [-0.39, 0.29) is 0 Å². The van der Waals surface area contributed by atoms with E-state index in [1.807, 2.05) is 27.7 Å². The molecule has 0 saturated heterocycles. The zero-order valence-electron chi connectivity index (χ0n) is 11.9. The standard InChI is InChI=1S/C15H22N2O/c1-6-17-15(5,9-16)10-18-14-12(3)7-11(2)8-13(14)4/h7-8,17H,6,10H2,1-5H3. The van der Waals surface area contributed by atoms with E-state index in [0.717, 1.165) is 23.4 Å². The largest absolute Gasteiger partial charge is 0.490 e. The summed E-state index contributed by atoms with van der Waals surface area (Å²) in [7, 11) is 0. The molecule has 0 spiro atoms. The van der Waals surface area contributed by atoms with Gasteiger partial charge in [0.1, 0.15) is 17.9 Å². The fraction of sp³-hybridized carbons (Fsp3) is 0.533. The van der Waals surface area contributed by atoms with Crippen molar-refractivity contribution in [3.8, 4) is 11.8 Å². The van der Waals surface area contributed by atoms with Gasteiger partial charge in [-0.25, -0.2) is 0 Å². The van der Waals surface area contributed by atoms with Gasteiger partial charge in [0.15, 0.2) is 0 Å². The Morgan fingerprint density at radius 1 is 1.28 bits per heavy atom. The van der Waals surface area contributed by atoms with Gasteiger partial charge in [0.05, 0.1) is 6.07 Å². The Balaban J connectivity index is 2.84.